The molecule has 0 radical (unpaired) electrons. The first-order valence-electron chi connectivity index (χ1n) is 4.03. The van der Waals surface area contributed by atoms with Crippen LogP contribution in [0.4, 0.5) is 0 Å². The highest BCUT2D eigenvalue weighted by Crippen LogP contribution is 2.33. The molecule has 0 heterocycles. The zero-order chi connectivity index (χ0) is 8.10. The molecule has 0 aliphatic heterocycles. The van der Waals surface area contributed by atoms with E-state index in [1.807, 2.05) is 0 Å². The zero-order valence-corrected chi connectivity index (χ0v) is 6.58. The SMILES string of the molecule is NC(=NCCCC1CC1)NO. The van der Waals surface area contributed by atoms with Gasteiger partial charge in [-0.2, -0.15) is 0 Å². The van der Waals surface area contributed by atoms with Gasteiger partial charge in [-0.1, -0.05) is 12.8 Å². The number of rotatable bonds is 4. The van der Waals surface area contributed by atoms with Crippen LogP contribution >= 0.6 is 0 Å². The number of guanidine groups is 1. The number of hydrogen-bond donors (Lipinski definition) is 3. The van der Waals surface area contributed by atoms with Gasteiger partial charge >= 0.3 is 0 Å². The highest BCUT2D eigenvalue weighted by Gasteiger charge is 2.19. The Morgan fingerprint density at radius 1 is 1.64 bits per heavy atom. The van der Waals surface area contributed by atoms with Gasteiger partial charge in [0.25, 0.3) is 0 Å². The van der Waals surface area contributed by atoms with E-state index >= 15 is 0 Å². The molecule has 0 amide bonds. The molecule has 1 aliphatic carbocycles. The van der Waals surface area contributed by atoms with E-state index in [1.165, 1.54) is 19.3 Å². The Kier molecular flexibility index (Phi) is 3.16. The van der Waals surface area contributed by atoms with E-state index in [2.05, 4.69) is 4.99 Å². The molecule has 0 aromatic rings. The molecular weight excluding hydrogens is 142 g/mol. The Bertz CT molecular complexity index is 143. The second-order valence-corrected chi connectivity index (χ2v) is 2.96. The van der Waals surface area contributed by atoms with Crippen molar-refractivity contribution in [1.29, 1.82) is 0 Å². The Morgan fingerprint density at radius 2 is 2.36 bits per heavy atom. The fourth-order valence-electron chi connectivity index (χ4n) is 1.02. The maximum atomic E-state index is 8.25. The molecule has 1 fully saturated rings. The molecule has 0 aromatic carbocycles. The normalized spacial score (nSPS) is 18.5. The number of hydroxylamine groups is 1. The number of hydrogen-bond acceptors (Lipinski definition) is 2. The highest BCUT2D eigenvalue weighted by molar-refractivity contribution is 5.76. The van der Waals surface area contributed by atoms with Gasteiger partial charge in [-0.25, -0.2) is 5.48 Å². The first-order chi connectivity index (χ1) is 5.33. The minimum Gasteiger partial charge on any atom is -0.368 e. The highest BCUT2D eigenvalue weighted by atomic mass is 16.5. The molecule has 11 heavy (non-hydrogen) atoms. The van der Waals surface area contributed by atoms with E-state index in [0.29, 0.717) is 0 Å². The predicted octanol–water partition coefficient (Wildman–Crippen LogP) is 0.470. The lowest BCUT2D eigenvalue weighted by molar-refractivity contribution is 0.232. The molecule has 0 spiro atoms. The van der Waals surface area contributed by atoms with E-state index in [9.17, 15) is 0 Å². The van der Waals surface area contributed by atoms with Crippen LogP contribution in [0.1, 0.15) is 25.7 Å². The van der Waals surface area contributed by atoms with Gasteiger partial charge in [0.05, 0.1) is 0 Å². The van der Waals surface area contributed by atoms with E-state index in [1.54, 1.807) is 5.48 Å². The van der Waals surface area contributed by atoms with Crippen molar-refractivity contribution >= 4 is 5.96 Å². The average Bonchev–Trinajstić information content (AvgIpc) is 2.81. The van der Waals surface area contributed by atoms with Gasteiger partial charge < -0.3 is 5.73 Å². The van der Waals surface area contributed by atoms with Crippen molar-refractivity contribution in [2.75, 3.05) is 6.54 Å². The summed E-state index contributed by atoms with van der Waals surface area (Å²) in [5.74, 6) is 1.06. The molecular formula is C7H15N3O. The molecule has 1 saturated carbocycles. The van der Waals surface area contributed by atoms with Crippen molar-refractivity contribution in [2.24, 2.45) is 16.6 Å². The van der Waals surface area contributed by atoms with Gasteiger partial charge in [-0.15, -0.1) is 0 Å². The Morgan fingerprint density at radius 3 is 2.91 bits per heavy atom. The summed E-state index contributed by atoms with van der Waals surface area (Å²) in [6.45, 7) is 0.718. The third-order valence-corrected chi connectivity index (χ3v) is 1.86. The fourth-order valence-corrected chi connectivity index (χ4v) is 1.02. The van der Waals surface area contributed by atoms with Crippen molar-refractivity contribution in [3.63, 3.8) is 0 Å². The van der Waals surface area contributed by atoms with Crippen molar-refractivity contribution in [2.45, 2.75) is 25.7 Å². The average molecular weight is 157 g/mol. The Balaban J connectivity index is 1.93. The minimum absolute atomic E-state index is 0.112. The summed E-state index contributed by atoms with van der Waals surface area (Å²) in [7, 11) is 0. The Labute approximate surface area is 66.5 Å². The first kappa shape index (κ1) is 8.33. The first-order valence-corrected chi connectivity index (χ1v) is 4.03. The van der Waals surface area contributed by atoms with Gasteiger partial charge in [-0.3, -0.25) is 10.2 Å². The number of nitrogens with zero attached hydrogens (tertiary/aromatic N) is 1. The van der Waals surface area contributed by atoms with Crippen molar-refractivity contribution in [1.82, 2.24) is 5.48 Å². The summed E-state index contributed by atoms with van der Waals surface area (Å²) in [4.78, 5) is 3.88. The van der Waals surface area contributed by atoms with Gasteiger partial charge in [0.1, 0.15) is 0 Å². The van der Waals surface area contributed by atoms with Crippen LogP contribution in [0.15, 0.2) is 4.99 Å². The molecule has 0 saturated heterocycles. The molecule has 1 aliphatic rings. The zero-order valence-electron chi connectivity index (χ0n) is 6.58. The largest absolute Gasteiger partial charge is 0.368 e. The molecule has 0 atom stereocenters. The topological polar surface area (TPSA) is 70.6 Å². The maximum Gasteiger partial charge on any atom is 0.212 e. The number of nitrogens with two attached hydrogens (primary N) is 1. The lowest BCUT2D eigenvalue weighted by Gasteiger charge is -1.96. The molecule has 0 aromatic heterocycles. The van der Waals surface area contributed by atoms with Crippen LogP contribution in [0.2, 0.25) is 0 Å². The van der Waals surface area contributed by atoms with Gasteiger partial charge in [-0.05, 0) is 18.8 Å². The molecule has 4 heteroatoms. The number of aliphatic imine (C=N–C) groups is 1. The van der Waals surface area contributed by atoms with E-state index in [-0.39, 0.29) is 5.96 Å². The van der Waals surface area contributed by atoms with Gasteiger partial charge in [0.15, 0.2) is 0 Å². The lowest BCUT2D eigenvalue weighted by Crippen LogP contribution is -2.28. The van der Waals surface area contributed by atoms with E-state index in [0.717, 1.165) is 18.9 Å². The standard InChI is InChI=1S/C7H15N3O/c8-7(10-11)9-5-1-2-6-3-4-6/h6,11H,1-5H2,(H3,8,9,10). The summed E-state index contributed by atoms with van der Waals surface area (Å²) in [6, 6.07) is 0. The van der Waals surface area contributed by atoms with Gasteiger partial charge in [0, 0.05) is 6.54 Å². The van der Waals surface area contributed by atoms with Crippen LogP contribution < -0.4 is 11.2 Å². The smallest absolute Gasteiger partial charge is 0.212 e. The van der Waals surface area contributed by atoms with Crippen molar-refractivity contribution in [3.8, 4) is 0 Å². The third-order valence-electron chi connectivity index (χ3n) is 1.86. The van der Waals surface area contributed by atoms with Crippen LogP contribution in [0.3, 0.4) is 0 Å². The van der Waals surface area contributed by atoms with Crippen molar-refractivity contribution < 1.29 is 5.21 Å². The lowest BCUT2D eigenvalue weighted by atomic mass is 10.2. The minimum atomic E-state index is 0.112. The van der Waals surface area contributed by atoms with E-state index in [4.69, 9.17) is 10.9 Å². The van der Waals surface area contributed by atoms with Crippen molar-refractivity contribution in [3.05, 3.63) is 0 Å². The number of nitrogens with one attached hydrogen (secondary N) is 1. The second kappa shape index (κ2) is 4.18. The van der Waals surface area contributed by atoms with Crippen LogP contribution in [-0.2, 0) is 0 Å². The molecule has 64 valence electrons. The fraction of sp³-hybridized carbons (Fsp3) is 0.857. The van der Waals surface area contributed by atoms with Crippen LogP contribution in [0.25, 0.3) is 0 Å². The third kappa shape index (κ3) is 3.83. The monoisotopic (exact) mass is 157 g/mol. The molecule has 1 rings (SSSR count). The summed E-state index contributed by atoms with van der Waals surface area (Å²) in [6.07, 6.45) is 5.10. The second-order valence-electron chi connectivity index (χ2n) is 2.96. The molecule has 4 nitrogen and oxygen atoms in total. The van der Waals surface area contributed by atoms with Gasteiger partial charge in [0.2, 0.25) is 5.96 Å². The molecule has 0 unspecified atom stereocenters. The Hall–Kier alpha value is -0.770. The van der Waals surface area contributed by atoms with Crippen LogP contribution in [0.5, 0.6) is 0 Å². The predicted molar refractivity (Wildman–Crippen MR) is 43.4 cm³/mol. The summed E-state index contributed by atoms with van der Waals surface area (Å²) in [5, 5.41) is 8.25. The molecule has 0 bridgehead atoms. The quantitative estimate of drug-likeness (QED) is 0.240. The van der Waals surface area contributed by atoms with Crippen LogP contribution in [-0.4, -0.2) is 17.7 Å². The molecule has 4 N–H and O–H groups in total. The van der Waals surface area contributed by atoms with E-state index < -0.39 is 0 Å². The summed E-state index contributed by atoms with van der Waals surface area (Å²) >= 11 is 0. The van der Waals surface area contributed by atoms with Crippen LogP contribution in [0, 0.1) is 5.92 Å². The summed E-state index contributed by atoms with van der Waals surface area (Å²) < 4.78 is 0. The maximum absolute atomic E-state index is 8.25. The summed E-state index contributed by atoms with van der Waals surface area (Å²) in [5.41, 5.74) is 6.99.